The SMILES string of the molecule is CCOC(=O)c1cnnn1C1CCN(Cc2ccccc2)C1.Cl. The van der Waals surface area contributed by atoms with E-state index >= 15 is 0 Å². The first-order valence-electron chi connectivity index (χ1n) is 7.61. The Morgan fingerprint density at radius 1 is 1.35 bits per heavy atom. The Morgan fingerprint density at radius 2 is 2.13 bits per heavy atom. The van der Waals surface area contributed by atoms with Gasteiger partial charge in [-0.1, -0.05) is 35.5 Å². The molecule has 124 valence electrons. The lowest BCUT2D eigenvalue weighted by molar-refractivity contribution is 0.0509. The second kappa shape index (κ2) is 8.08. The third-order valence-electron chi connectivity index (χ3n) is 3.90. The summed E-state index contributed by atoms with van der Waals surface area (Å²) < 4.78 is 6.77. The summed E-state index contributed by atoms with van der Waals surface area (Å²) in [5.41, 5.74) is 1.74. The number of hydrogen-bond donors (Lipinski definition) is 0. The summed E-state index contributed by atoms with van der Waals surface area (Å²) in [5.74, 6) is -0.353. The zero-order chi connectivity index (χ0) is 15.4. The summed E-state index contributed by atoms with van der Waals surface area (Å²) in [6, 6.07) is 10.6. The van der Waals surface area contributed by atoms with Crippen LogP contribution in [0.5, 0.6) is 0 Å². The van der Waals surface area contributed by atoms with Crippen LogP contribution in [0.4, 0.5) is 0 Å². The highest BCUT2D eigenvalue weighted by molar-refractivity contribution is 5.87. The molecule has 1 aliphatic heterocycles. The highest BCUT2D eigenvalue weighted by atomic mass is 35.5. The molecule has 23 heavy (non-hydrogen) atoms. The number of nitrogens with zero attached hydrogens (tertiary/aromatic N) is 4. The number of carbonyl (C=O) groups excluding carboxylic acids is 1. The lowest BCUT2D eigenvalue weighted by Crippen LogP contribution is -2.23. The number of aromatic nitrogens is 3. The molecule has 3 rings (SSSR count). The van der Waals surface area contributed by atoms with Crippen LogP contribution >= 0.6 is 12.4 Å². The third-order valence-corrected chi connectivity index (χ3v) is 3.90. The van der Waals surface area contributed by atoms with Crippen molar-refractivity contribution in [3.63, 3.8) is 0 Å². The maximum absolute atomic E-state index is 11.9. The van der Waals surface area contributed by atoms with Crippen LogP contribution in [0.2, 0.25) is 0 Å². The predicted octanol–water partition coefficient (Wildman–Crippen LogP) is 2.32. The van der Waals surface area contributed by atoms with Crippen molar-refractivity contribution in [2.24, 2.45) is 0 Å². The van der Waals surface area contributed by atoms with Crippen LogP contribution in [0, 0.1) is 0 Å². The van der Waals surface area contributed by atoms with Gasteiger partial charge in [-0.15, -0.1) is 17.5 Å². The molecule has 1 atom stereocenters. The maximum atomic E-state index is 11.9. The van der Waals surface area contributed by atoms with Gasteiger partial charge in [0, 0.05) is 19.6 Å². The molecule has 1 fully saturated rings. The van der Waals surface area contributed by atoms with Crippen LogP contribution in [0.3, 0.4) is 0 Å². The monoisotopic (exact) mass is 336 g/mol. The third kappa shape index (κ3) is 4.09. The van der Waals surface area contributed by atoms with E-state index in [1.54, 1.807) is 11.6 Å². The summed E-state index contributed by atoms with van der Waals surface area (Å²) in [5, 5.41) is 7.95. The van der Waals surface area contributed by atoms with Crippen LogP contribution < -0.4 is 0 Å². The molecule has 1 saturated heterocycles. The predicted molar refractivity (Wildman–Crippen MR) is 88.6 cm³/mol. The molecule has 2 aromatic rings. The van der Waals surface area contributed by atoms with Crippen LogP contribution in [0.15, 0.2) is 36.5 Å². The summed E-state index contributed by atoms with van der Waals surface area (Å²) >= 11 is 0. The molecule has 0 bridgehead atoms. The summed E-state index contributed by atoms with van der Waals surface area (Å²) in [6.45, 7) is 4.92. The van der Waals surface area contributed by atoms with Gasteiger partial charge in [-0.25, -0.2) is 9.48 Å². The van der Waals surface area contributed by atoms with E-state index in [2.05, 4.69) is 39.5 Å². The number of likely N-dealkylation sites (tertiary alicyclic amines) is 1. The van der Waals surface area contributed by atoms with Crippen molar-refractivity contribution in [3.8, 4) is 0 Å². The first-order valence-corrected chi connectivity index (χ1v) is 7.61. The minimum atomic E-state index is -0.353. The molecule has 0 amide bonds. The highest BCUT2D eigenvalue weighted by Gasteiger charge is 2.28. The van der Waals surface area contributed by atoms with Crippen molar-refractivity contribution >= 4 is 18.4 Å². The van der Waals surface area contributed by atoms with Gasteiger partial charge in [-0.05, 0) is 18.9 Å². The van der Waals surface area contributed by atoms with Gasteiger partial charge in [0.05, 0.1) is 18.8 Å². The van der Waals surface area contributed by atoms with Crippen molar-refractivity contribution < 1.29 is 9.53 Å². The number of rotatable bonds is 5. The zero-order valence-corrected chi connectivity index (χ0v) is 13.9. The van der Waals surface area contributed by atoms with Gasteiger partial charge in [-0.3, -0.25) is 4.90 Å². The standard InChI is InChI=1S/C16H20N4O2.ClH/c1-2-22-16(21)15-10-17-18-20(15)14-8-9-19(12-14)11-13-6-4-3-5-7-13;/h3-7,10,14H,2,8-9,11-12H2,1H3;1H. The van der Waals surface area contributed by atoms with E-state index in [0.717, 1.165) is 26.1 Å². The number of carbonyl (C=O) groups is 1. The fourth-order valence-electron chi connectivity index (χ4n) is 2.86. The molecule has 0 aliphatic carbocycles. The molecule has 6 nitrogen and oxygen atoms in total. The molecule has 0 radical (unpaired) electrons. The molecular weight excluding hydrogens is 316 g/mol. The van der Waals surface area contributed by atoms with E-state index in [9.17, 15) is 4.79 Å². The summed E-state index contributed by atoms with van der Waals surface area (Å²) in [6.07, 6.45) is 2.44. The van der Waals surface area contributed by atoms with Crippen LogP contribution in [0.25, 0.3) is 0 Å². The smallest absolute Gasteiger partial charge is 0.358 e. The average molecular weight is 337 g/mol. The van der Waals surface area contributed by atoms with Gasteiger partial charge >= 0.3 is 5.97 Å². The van der Waals surface area contributed by atoms with Gasteiger partial charge in [0.25, 0.3) is 0 Å². The van der Waals surface area contributed by atoms with Crippen molar-refractivity contribution in [1.82, 2.24) is 19.9 Å². The van der Waals surface area contributed by atoms with Crippen molar-refractivity contribution in [2.45, 2.75) is 25.9 Å². The largest absolute Gasteiger partial charge is 0.461 e. The Kier molecular flexibility index (Phi) is 6.12. The van der Waals surface area contributed by atoms with Crippen LogP contribution in [-0.2, 0) is 11.3 Å². The van der Waals surface area contributed by atoms with Gasteiger partial charge in [0.2, 0.25) is 0 Å². The molecule has 0 spiro atoms. The maximum Gasteiger partial charge on any atom is 0.358 e. The van der Waals surface area contributed by atoms with E-state index in [1.807, 2.05) is 6.07 Å². The second-order valence-electron chi connectivity index (χ2n) is 5.45. The Labute approximate surface area is 141 Å². The van der Waals surface area contributed by atoms with E-state index in [4.69, 9.17) is 4.74 Å². The molecular formula is C16H21ClN4O2. The quantitative estimate of drug-likeness (QED) is 0.784. The van der Waals surface area contributed by atoms with E-state index in [0.29, 0.717) is 12.3 Å². The minimum absolute atomic E-state index is 0. The number of esters is 1. The molecule has 2 heterocycles. The average Bonchev–Trinajstić information content (AvgIpc) is 3.17. The summed E-state index contributed by atoms with van der Waals surface area (Å²) in [7, 11) is 0. The number of ether oxygens (including phenoxy) is 1. The van der Waals surface area contributed by atoms with Gasteiger partial charge in [0.15, 0.2) is 5.69 Å². The molecule has 0 saturated carbocycles. The highest BCUT2D eigenvalue weighted by Crippen LogP contribution is 2.23. The van der Waals surface area contributed by atoms with E-state index < -0.39 is 0 Å². The lowest BCUT2D eigenvalue weighted by Gasteiger charge is -2.16. The van der Waals surface area contributed by atoms with Crippen LogP contribution in [0.1, 0.15) is 35.4 Å². The molecule has 1 unspecified atom stereocenters. The molecule has 0 N–H and O–H groups in total. The molecule has 1 aromatic carbocycles. The topological polar surface area (TPSA) is 60.2 Å². The fourth-order valence-corrected chi connectivity index (χ4v) is 2.86. The van der Waals surface area contributed by atoms with Crippen molar-refractivity contribution in [1.29, 1.82) is 0 Å². The molecule has 1 aliphatic rings. The van der Waals surface area contributed by atoms with Gasteiger partial charge < -0.3 is 4.74 Å². The lowest BCUT2D eigenvalue weighted by atomic mass is 10.2. The normalized spacial score (nSPS) is 17.7. The fraction of sp³-hybridized carbons (Fsp3) is 0.438. The Morgan fingerprint density at radius 3 is 2.87 bits per heavy atom. The molecule has 7 heteroatoms. The first-order chi connectivity index (χ1) is 10.8. The van der Waals surface area contributed by atoms with E-state index in [1.165, 1.54) is 11.8 Å². The Bertz CT molecular complexity index is 632. The number of benzene rings is 1. The van der Waals surface area contributed by atoms with Crippen molar-refractivity contribution in [3.05, 3.63) is 47.8 Å². The second-order valence-corrected chi connectivity index (χ2v) is 5.45. The minimum Gasteiger partial charge on any atom is -0.461 e. The summed E-state index contributed by atoms with van der Waals surface area (Å²) in [4.78, 5) is 14.3. The van der Waals surface area contributed by atoms with Crippen molar-refractivity contribution in [2.75, 3.05) is 19.7 Å². The van der Waals surface area contributed by atoms with Gasteiger partial charge in [0.1, 0.15) is 0 Å². The van der Waals surface area contributed by atoms with E-state index in [-0.39, 0.29) is 24.4 Å². The number of hydrogen-bond acceptors (Lipinski definition) is 5. The Balaban J connectivity index is 0.00000192. The van der Waals surface area contributed by atoms with Crippen LogP contribution in [-0.4, -0.2) is 45.6 Å². The number of halogens is 1. The first kappa shape index (κ1) is 17.4. The molecule has 1 aromatic heterocycles. The Hall–Kier alpha value is -1.92. The van der Waals surface area contributed by atoms with Gasteiger partial charge in [-0.2, -0.15) is 0 Å². The zero-order valence-electron chi connectivity index (χ0n) is 13.1.